The minimum absolute atomic E-state index is 0.179. The van der Waals surface area contributed by atoms with E-state index >= 15 is 0 Å². The average molecular weight is 376 g/mol. The highest BCUT2D eigenvalue weighted by molar-refractivity contribution is 9.10. The first-order valence-corrected chi connectivity index (χ1v) is 7.95. The summed E-state index contributed by atoms with van der Waals surface area (Å²) in [5.74, 6) is -0.273. The fourth-order valence-electron chi connectivity index (χ4n) is 1.51. The summed E-state index contributed by atoms with van der Waals surface area (Å²) < 4.78 is 5.81. The number of rotatable bonds is 5. The molecule has 0 saturated carbocycles. The van der Waals surface area contributed by atoms with Crippen molar-refractivity contribution in [1.82, 2.24) is 4.98 Å². The molecule has 20 heavy (non-hydrogen) atoms. The van der Waals surface area contributed by atoms with E-state index in [-0.39, 0.29) is 12.4 Å². The summed E-state index contributed by atoms with van der Waals surface area (Å²) in [6.45, 7) is 2.16. The number of anilines is 2. The lowest BCUT2D eigenvalue weighted by molar-refractivity contribution is -0.142. The SMILES string of the molecule is CCOC(=O)Cc1csc(Nc2cc(Br)ccc2Cl)n1. The van der Waals surface area contributed by atoms with Crippen molar-refractivity contribution in [3.8, 4) is 0 Å². The number of hydrogen-bond acceptors (Lipinski definition) is 5. The van der Waals surface area contributed by atoms with Gasteiger partial charge in [-0.1, -0.05) is 27.5 Å². The molecule has 0 bridgehead atoms. The zero-order valence-corrected chi connectivity index (χ0v) is 13.8. The van der Waals surface area contributed by atoms with E-state index < -0.39 is 0 Å². The number of carbonyl (C=O) groups excluding carboxylic acids is 1. The lowest BCUT2D eigenvalue weighted by Crippen LogP contribution is -2.07. The number of benzene rings is 1. The van der Waals surface area contributed by atoms with E-state index in [1.54, 1.807) is 13.0 Å². The Balaban J connectivity index is 2.06. The molecular formula is C13H12BrClN2O2S. The molecule has 0 aliphatic rings. The first-order valence-electron chi connectivity index (χ1n) is 5.90. The summed E-state index contributed by atoms with van der Waals surface area (Å²) in [4.78, 5) is 15.7. The predicted octanol–water partition coefficient (Wildman–Crippen LogP) is 4.41. The molecule has 0 atom stereocenters. The summed E-state index contributed by atoms with van der Waals surface area (Å²) in [5.41, 5.74) is 1.44. The number of esters is 1. The normalized spacial score (nSPS) is 10.3. The van der Waals surface area contributed by atoms with Gasteiger partial charge in [0.1, 0.15) is 0 Å². The molecule has 0 unspecified atom stereocenters. The van der Waals surface area contributed by atoms with Gasteiger partial charge in [-0.05, 0) is 25.1 Å². The van der Waals surface area contributed by atoms with Crippen LogP contribution < -0.4 is 5.32 Å². The quantitative estimate of drug-likeness (QED) is 0.787. The number of nitrogens with one attached hydrogen (secondary N) is 1. The van der Waals surface area contributed by atoms with E-state index in [0.29, 0.717) is 22.5 Å². The highest BCUT2D eigenvalue weighted by Gasteiger charge is 2.09. The molecule has 1 aromatic heterocycles. The number of aromatic nitrogens is 1. The second-order valence-corrected chi connectivity index (χ2v) is 6.06. The molecule has 106 valence electrons. The highest BCUT2D eigenvalue weighted by atomic mass is 79.9. The minimum atomic E-state index is -0.273. The second-order valence-electron chi connectivity index (χ2n) is 3.87. The van der Waals surface area contributed by atoms with Crippen molar-refractivity contribution in [1.29, 1.82) is 0 Å². The molecule has 0 aliphatic heterocycles. The molecule has 4 nitrogen and oxygen atoms in total. The summed E-state index contributed by atoms with van der Waals surface area (Å²) in [6, 6.07) is 5.53. The first-order chi connectivity index (χ1) is 9.58. The Labute approximate surface area is 134 Å². The standard InChI is InChI=1S/C13H12BrClN2O2S/c1-2-19-12(18)6-9-7-20-13(16-9)17-11-5-8(14)3-4-10(11)15/h3-5,7H,2,6H2,1H3,(H,16,17). The molecule has 0 aliphatic carbocycles. The van der Waals surface area contributed by atoms with Crippen molar-refractivity contribution >= 4 is 55.7 Å². The largest absolute Gasteiger partial charge is 0.466 e. The predicted molar refractivity (Wildman–Crippen MR) is 84.9 cm³/mol. The molecule has 2 aromatic rings. The van der Waals surface area contributed by atoms with Crippen LogP contribution in [-0.4, -0.2) is 17.6 Å². The number of hydrogen-bond donors (Lipinski definition) is 1. The Hall–Kier alpha value is -1.11. The summed E-state index contributed by atoms with van der Waals surface area (Å²) in [7, 11) is 0. The van der Waals surface area contributed by atoms with Gasteiger partial charge in [0.2, 0.25) is 0 Å². The third-order valence-corrected chi connectivity index (χ3v) is 3.98. The highest BCUT2D eigenvalue weighted by Crippen LogP contribution is 2.29. The van der Waals surface area contributed by atoms with Crippen molar-refractivity contribution in [2.75, 3.05) is 11.9 Å². The molecule has 2 rings (SSSR count). The lowest BCUT2D eigenvalue weighted by Gasteiger charge is -2.05. The van der Waals surface area contributed by atoms with Crippen LogP contribution in [0.25, 0.3) is 0 Å². The van der Waals surface area contributed by atoms with Gasteiger partial charge in [-0.25, -0.2) is 4.98 Å². The lowest BCUT2D eigenvalue weighted by atomic mass is 10.3. The monoisotopic (exact) mass is 374 g/mol. The molecule has 0 amide bonds. The van der Waals surface area contributed by atoms with E-state index in [2.05, 4.69) is 26.2 Å². The van der Waals surface area contributed by atoms with Crippen molar-refractivity contribution in [2.24, 2.45) is 0 Å². The maximum atomic E-state index is 11.4. The van der Waals surface area contributed by atoms with E-state index in [0.717, 1.165) is 10.2 Å². The first kappa shape index (κ1) is 15.3. The Morgan fingerprint density at radius 2 is 2.35 bits per heavy atom. The zero-order valence-electron chi connectivity index (χ0n) is 10.7. The van der Waals surface area contributed by atoms with Gasteiger partial charge in [0.15, 0.2) is 5.13 Å². The number of nitrogens with zero attached hydrogens (tertiary/aromatic N) is 1. The van der Waals surface area contributed by atoms with Crippen molar-refractivity contribution < 1.29 is 9.53 Å². The van der Waals surface area contributed by atoms with E-state index in [4.69, 9.17) is 16.3 Å². The smallest absolute Gasteiger partial charge is 0.311 e. The molecule has 1 aromatic carbocycles. The van der Waals surface area contributed by atoms with Gasteiger partial charge in [-0.2, -0.15) is 0 Å². The Kier molecular flexibility index (Phi) is 5.39. The molecule has 0 radical (unpaired) electrons. The van der Waals surface area contributed by atoms with Gasteiger partial charge in [0.05, 0.1) is 29.4 Å². The molecule has 7 heteroatoms. The second kappa shape index (κ2) is 7.06. The van der Waals surface area contributed by atoms with E-state index in [1.165, 1.54) is 11.3 Å². The fourth-order valence-corrected chi connectivity index (χ4v) is 2.76. The van der Waals surface area contributed by atoms with Crippen molar-refractivity contribution in [3.63, 3.8) is 0 Å². The van der Waals surface area contributed by atoms with Crippen LogP contribution in [0.1, 0.15) is 12.6 Å². The number of thiazole rings is 1. The summed E-state index contributed by atoms with van der Waals surface area (Å²) in [6.07, 6.45) is 0.179. The fraction of sp³-hybridized carbons (Fsp3) is 0.231. The van der Waals surface area contributed by atoms with Crippen LogP contribution in [0.4, 0.5) is 10.8 Å². The van der Waals surface area contributed by atoms with Gasteiger partial charge in [0, 0.05) is 9.85 Å². The molecule has 0 fully saturated rings. The van der Waals surface area contributed by atoms with Gasteiger partial charge < -0.3 is 10.1 Å². The minimum Gasteiger partial charge on any atom is -0.466 e. The molecule has 0 spiro atoms. The van der Waals surface area contributed by atoms with Crippen molar-refractivity contribution in [2.45, 2.75) is 13.3 Å². The van der Waals surface area contributed by atoms with Crippen LogP contribution in [0, 0.1) is 0 Å². The molecular weight excluding hydrogens is 364 g/mol. The molecule has 1 N–H and O–H groups in total. The maximum Gasteiger partial charge on any atom is 0.311 e. The van der Waals surface area contributed by atoms with Crippen molar-refractivity contribution in [3.05, 3.63) is 38.8 Å². The van der Waals surface area contributed by atoms with Crippen LogP contribution in [0.5, 0.6) is 0 Å². The van der Waals surface area contributed by atoms with Gasteiger partial charge in [-0.3, -0.25) is 4.79 Å². The summed E-state index contributed by atoms with van der Waals surface area (Å²) in [5, 5.41) is 6.25. The van der Waals surface area contributed by atoms with Gasteiger partial charge in [-0.15, -0.1) is 11.3 Å². The zero-order chi connectivity index (χ0) is 14.5. The van der Waals surface area contributed by atoms with Crippen LogP contribution in [0.2, 0.25) is 5.02 Å². The average Bonchev–Trinajstić information content (AvgIpc) is 2.81. The third-order valence-electron chi connectivity index (χ3n) is 2.35. The summed E-state index contributed by atoms with van der Waals surface area (Å²) >= 11 is 10.9. The van der Waals surface area contributed by atoms with E-state index in [9.17, 15) is 4.79 Å². The van der Waals surface area contributed by atoms with E-state index in [1.807, 2.05) is 17.5 Å². The van der Waals surface area contributed by atoms with Crippen LogP contribution in [-0.2, 0) is 16.0 Å². The number of ether oxygens (including phenoxy) is 1. The number of halogens is 2. The van der Waals surface area contributed by atoms with Gasteiger partial charge in [0.25, 0.3) is 0 Å². The van der Waals surface area contributed by atoms with Crippen LogP contribution in [0.3, 0.4) is 0 Å². The van der Waals surface area contributed by atoms with Gasteiger partial charge >= 0.3 is 5.97 Å². The molecule has 0 saturated heterocycles. The molecule has 1 heterocycles. The maximum absolute atomic E-state index is 11.4. The Morgan fingerprint density at radius 1 is 1.55 bits per heavy atom. The Bertz CT molecular complexity index is 618. The van der Waals surface area contributed by atoms with Crippen LogP contribution in [0.15, 0.2) is 28.1 Å². The number of carbonyl (C=O) groups is 1. The Morgan fingerprint density at radius 3 is 3.10 bits per heavy atom. The topological polar surface area (TPSA) is 51.2 Å². The third kappa shape index (κ3) is 4.19. The van der Waals surface area contributed by atoms with Crippen LogP contribution >= 0.6 is 38.9 Å².